The highest BCUT2D eigenvalue weighted by Crippen LogP contribution is 2.28. The van der Waals surface area contributed by atoms with Crippen LogP contribution in [0.4, 0.5) is 4.39 Å². The zero-order chi connectivity index (χ0) is 23.0. The molecule has 0 heterocycles. The Balaban J connectivity index is 2.09. The molecular formula is C23H27Cl2FN2O2S. The van der Waals surface area contributed by atoms with Crippen LogP contribution in [0, 0.1) is 11.7 Å². The van der Waals surface area contributed by atoms with E-state index in [2.05, 4.69) is 5.32 Å². The number of rotatable bonds is 10. The van der Waals surface area contributed by atoms with E-state index in [1.165, 1.54) is 28.8 Å². The number of nitrogens with one attached hydrogen (secondary N) is 1. The molecule has 0 fully saturated rings. The first kappa shape index (κ1) is 25.5. The predicted octanol–water partition coefficient (Wildman–Crippen LogP) is 5.56. The average molecular weight is 485 g/mol. The van der Waals surface area contributed by atoms with Gasteiger partial charge in [-0.05, 0) is 48.2 Å². The molecule has 2 amide bonds. The summed E-state index contributed by atoms with van der Waals surface area (Å²) in [4.78, 5) is 27.2. The van der Waals surface area contributed by atoms with E-state index in [-0.39, 0.29) is 29.9 Å². The maximum Gasteiger partial charge on any atom is 0.242 e. The van der Waals surface area contributed by atoms with Gasteiger partial charge in [0.25, 0.3) is 0 Å². The minimum Gasteiger partial charge on any atom is -0.354 e. The monoisotopic (exact) mass is 484 g/mol. The van der Waals surface area contributed by atoms with E-state index in [9.17, 15) is 14.0 Å². The Morgan fingerprint density at radius 3 is 2.26 bits per heavy atom. The van der Waals surface area contributed by atoms with Crippen molar-refractivity contribution in [3.63, 3.8) is 0 Å². The summed E-state index contributed by atoms with van der Waals surface area (Å²) in [7, 11) is 0. The number of nitrogens with zero attached hydrogens (tertiary/aromatic N) is 1. The van der Waals surface area contributed by atoms with Crippen molar-refractivity contribution < 1.29 is 14.0 Å². The van der Waals surface area contributed by atoms with Crippen molar-refractivity contribution in [1.82, 2.24) is 10.2 Å². The topological polar surface area (TPSA) is 49.4 Å². The van der Waals surface area contributed by atoms with E-state index in [1.54, 1.807) is 37.3 Å². The normalized spacial score (nSPS) is 12.0. The zero-order valence-electron chi connectivity index (χ0n) is 17.8. The van der Waals surface area contributed by atoms with Crippen LogP contribution < -0.4 is 5.32 Å². The van der Waals surface area contributed by atoms with Gasteiger partial charge in [-0.15, -0.1) is 11.8 Å². The van der Waals surface area contributed by atoms with Crippen molar-refractivity contribution in [3.05, 3.63) is 69.5 Å². The lowest BCUT2D eigenvalue weighted by Crippen LogP contribution is -2.48. The van der Waals surface area contributed by atoms with Gasteiger partial charge in [-0.3, -0.25) is 9.59 Å². The van der Waals surface area contributed by atoms with Crippen LogP contribution in [0.15, 0.2) is 42.5 Å². The fourth-order valence-electron chi connectivity index (χ4n) is 2.82. The first-order chi connectivity index (χ1) is 14.7. The molecule has 31 heavy (non-hydrogen) atoms. The summed E-state index contributed by atoms with van der Waals surface area (Å²) in [6.45, 7) is 6.45. The molecule has 0 spiro atoms. The third-order valence-corrected chi connectivity index (χ3v) is 6.30. The summed E-state index contributed by atoms with van der Waals surface area (Å²) in [6, 6.07) is 10.5. The SMILES string of the molecule is CC(C)CNC(=O)C(C)N(Cc1ccc(F)cc1)C(=O)CSCc1c(Cl)cccc1Cl. The second kappa shape index (κ2) is 12.3. The van der Waals surface area contributed by atoms with Gasteiger partial charge in [0.2, 0.25) is 11.8 Å². The van der Waals surface area contributed by atoms with Crippen LogP contribution in [0.25, 0.3) is 0 Å². The highest BCUT2D eigenvalue weighted by atomic mass is 35.5. The van der Waals surface area contributed by atoms with E-state index in [1.807, 2.05) is 13.8 Å². The Hall–Kier alpha value is -1.76. The summed E-state index contributed by atoms with van der Waals surface area (Å²) in [5.41, 5.74) is 1.52. The lowest BCUT2D eigenvalue weighted by Gasteiger charge is -2.29. The van der Waals surface area contributed by atoms with Gasteiger partial charge >= 0.3 is 0 Å². The fraction of sp³-hybridized carbons (Fsp3) is 0.391. The Morgan fingerprint density at radius 1 is 1.06 bits per heavy atom. The third-order valence-electron chi connectivity index (χ3n) is 4.65. The van der Waals surface area contributed by atoms with Gasteiger partial charge in [0.1, 0.15) is 11.9 Å². The van der Waals surface area contributed by atoms with Crippen LogP contribution in [-0.2, 0) is 21.9 Å². The molecule has 1 unspecified atom stereocenters. The van der Waals surface area contributed by atoms with Crippen molar-refractivity contribution in [2.45, 2.75) is 39.1 Å². The number of carbonyl (C=O) groups excluding carboxylic acids is 2. The highest BCUT2D eigenvalue weighted by molar-refractivity contribution is 7.99. The molecule has 0 saturated heterocycles. The van der Waals surface area contributed by atoms with Gasteiger partial charge in [-0.25, -0.2) is 4.39 Å². The van der Waals surface area contributed by atoms with Crippen LogP contribution >= 0.6 is 35.0 Å². The number of hydrogen-bond donors (Lipinski definition) is 1. The second-order valence-corrected chi connectivity index (χ2v) is 9.46. The average Bonchev–Trinajstić information content (AvgIpc) is 2.73. The summed E-state index contributed by atoms with van der Waals surface area (Å²) in [5, 5.41) is 3.98. The molecule has 1 atom stereocenters. The van der Waals surface area contributed by atoms with Gasteiger partial charge < -0.3 is 10.2 Å². The molecule has 0 aliphatic rings. The lowest BCUT2D eigenvalue weighted by atomic mass is 10.1. The Bertz CT molecular complexity index is 873. The van der Waals surface area contributed by atoms with Gasteiger partial charge in [0, 0.05) is 28.9 Å². The van der Waals surface area contributed by atoms with E-state index in [4.69, 9.17) is 23.2 Å². The molecule has 0 radical (unpaired) electrons. The Morgan fingerprint density at radius 2 is 1.68 bits per heavy atom. The fourth-order valence-corrected chi connectivity index (χ4v) is 4.46. The van der Waals surface area contributed by atoms with Crippen molar-refractivity contribution in [2.24, 2.45) is 5.92 Å². The minimum absolute atomic E-state index is 0.157. The first-order valence-corrected chi connectivity index (χ1v) is 11.9. The molecule has 168 valence electrons. The van der Waals surface area contributed by atoms with Gasteiger partial charge in [0.15, 0.2) is 0 Å². The van der Waals surface area contributed by atoms with Crippen molar-refractivity contribution in [3.8, 4) is 0 Å². The third kappa shape index (κ3) is 8.02. The quantitative estimate of drug-likeness (QED) is 0.480. The largest absolute Gasteiger partial charge is 0.354 e. The highest BCUT2D eigenvalue weighted by Gasteiger charge is 2.26. The second-order valence-electron chi connectivity index (χ2n) is 7.66. The molecule has 8 heteroatoms. The molecule has 2 aromatic carbocycles. The molecule has 1 N–H and O–H groups in total. The maximum absolute atomic E-state index is 13.3. The number of amides is 2. The van der Waals surface area contributed by atoms with E-state index < -0.39 is 6.04 Å². The maximum atomic E-state index is 13.3. The molecule has 2 aromatic rings. The predicted molar refractivity (Wildman–Crippen MR) is 127 cm³/mol. The van der Waals surface area contributed by atoms with Crippen molar-refractivity contribution in [2.75, 3.05) is 12.3 Å². The molecule has 0 aliphatic carbocycles. The van der Waals surface area contributed by atoms with E-state index >= 15 is 0 Å². The van der Waals surface area contributed by atoms with Crippen LogP contribution in [-0.4, -0.2) is 35.1 Å². The summed E-state index contributed by atoms with van der Waals surface area (Å²) < 4.78 is 13.3. The first-order valence-electron chi connectivity index (χ1n) is 10.0. The number of carbonyl (C=O) groups is 2. The van der Waals surface area contributed by atoms with Crippen molar-refractivity contribution in [1.29, 1.82) is 0 Å². The molecule has 2 rings (SSSR count). The Labute approximate surface area is 197 Å². The standard InChI is InChI=1S/C23H27Cl2FN2O2S/c1-15(2)11-27-23(30)16(3)28(12-17-7-9-18(26)10-8-17)22(29)14-31-13-19-20(24)5-4-6-21(19)25/h4-10,15-16H,11-14H2,1-3H3,(H,27,30). The lowest BCUT2D eigenvalue weighted by molar-refractivity contribution is -0.138. The molecule has 0 saturated carbocycles. The molecule has 4 nitrogen and oxygen atoms in total. The molecular weight excluding hydrogens is 458 g/mol. The number of benzene rings is 2. The molecule has 0 aromatic heterocycles. The van der Waals surface area contributed by atoms with E-state index in [0.29, 0.717) is 28.3 Å². The van der Waals surface area contributed by atoms with Crippen molar-refractivity contribution >= 4 is 46.8 Å². The smallest absolute Gasteiger partial charge is 0.242 e. The number of hydrogen-bond acceptors (Lipinski definition) is 3. The van der Waals surface area contributed by atoms with Gasteiger partial charge in [-0.2, -0.15) is 0 Å². The molecule has 0 aliphatic heterocycles. The molecule has 0 bridgehead atoms. The number of halogens is 3. The zero-order valence-corrected chi connectivity index (χ0v) is 20.2. The van der Waals surface area contributed by atoms with Crippen LogP contribution in [0.5, 0.6) is 0 Å². The number of thioether (sulfide) groups is 1. The Kier molecular flexibility index (Phi) is 10.1. The van der Waals surface area contributed by atoms with Crippen LogP contribution in [0.3, 0.4) is 0 Å². The summed E-state index contributed by atoms with van der Waals surface area (Å²) >= 11 is 13.8. The van der Waals surface area contributed by atoms with Gasteiger partial charge in [-0.1, -0.05) is 55.2 Å². The van der Waals surface area contributed by atoms with Gasteiger partial charge in [0.05, 0.1) is 5.75 Å². The minimum atomic E-state index is -0.666. The van der Waals surface area contributed by atoms with Crippen LogP contribution in [0.1, 0.15) is 31.9 Å². The van der Waals surface area contributed by atoms with Crippen LogP contribution in [0.2, 0.25) is 10.0 Å². The van der Waals surface area contributed by atoms with E-state index in [0.717, 1.165) is 11.1 Å². The summed E-state index contributed by atoms with van der Waals surface area (Å²) in [5.74, 6) is 0.172. The summed E-state index contributed by atoms with van der Waals surface area (Å²) in [6.07, 6.45) is 0.